The second-order valence-electron chi connectivity index (χ2n) is 2.95. The summed E-state index contributed by atoms with van der Waals surface area (Å²) in [6.45, 7) is 2.72. The van der Waals surface area contributed by atoms with Crippen LogP contribution in [-0.2, 0) is 9.63 Å². The smallest absolute Gasteiger partial charge is 0.318 e. The first-order valence-corrected chi connectivity index (χ1v) is 4.43. The lowest BCUT2D eigenvalue weighted by atomic mass is 10.1. The molecule has 1 aromatic carbocycles. The fraction of sp³-hybridized carbons (Fsp3) is 0.182. The lowest BCUT2D eigenvalue weighted by Gasteiger charge is -1.98. The molecule has 0 saturated carbocycles. The minimum Gasteiger partial charge on any atom is -0.318 e. The maximum atomic E-state index is 11.6. The van der Waals surface area contributed by atoms with E-state index in [0.29, 0.717) is 5.56 Å². The van der Waals surface area contributed by atoms with E-state index in [4.69, 9.17) is 0 Å². The largest absolute Gasteiger partial charge is 0.331 e. The molecule has 0 N–H and O–H groups in total. The van der Waals surface area contributed by atoms with Crippen molar-refractivity contribution in [2.45, 2.75) is 13.8 Å². The number of Topliss-reactive ketones (excluding diaryl/α,β-unsaturated/α-hetero) is 1. The van der Waals surface area contributed by atoms with E-state index in [-0.39, 0.29) is 11.5 Å². The first kappa shape index (κ1) is 11.1. The zero-order chi connectivity index (χ0) is 11.3. The van der Waals surface area contributed by atoms with E-state index >= 15 is 0 Å². The lowest BCUT2D eigenvalue weighted by Crippen LogP contribution is -2.11. The zero-order valence-electron chi connectivity index (χ0n) is 8.56. The summed E-state index contributed by atoms with van der Waals surface area (Å²) < 4.78 is 0. The summed E-state index contributed by atoms with van der Waals surface area (Å²) in [5.41, 5.74) is 0.669. The van der Waals surface area contributed by atoms with E-state index in [0.717, 1.165) is 0 Å². The van der Waals surface area contributed by atoms with Gasteiger partial charge in [0.05, 0.1) is 0 Å². The second kappa shape index (κ2) is 5.05. The third kappa shape index (κ3) is 3.34. The molecular weight excluding hydrogens is 194 g/mol. The molecule has 0 bridgehead atoms. The molecule has 0 aliphatic rings. The van der Waals surface area contributed by atoms with Gasteiger partial charge in [-0.15, -0.1) is 0 Å². The Hall–Kier alpha value is -1.97. The maximum absolute atomic E-state index is 11.6. The predicted octanol–water partition coefficient (Wildman–Crippen LogP) is 1.81. The second-order valence-corrected chi connectivity index (χ2v) is 2.95. The number of rotatable bonds is 3. The Bertz CT molecular complexity index is 396. The van der Waals surface area contributed by atoms with Gasteiger partial charge in [0.25, 0.3) is 0 Å². The molecule has 15 heavy (non-hydrogen) atoms. The highest BCUT2D eigenvalue weighted by Crippen LogP contribution is 2.01. The standard InChI is InChI=1S/C11H11NO3/c1-8(12-15-9(2)13)11(14)10-6-4-3-5-7-10/h3-7H,1-2H3/b12-8-. The van der Waals surface area contributed by atoms with E-state index in [1.54, 1.807) is 24.3 Å². The molecule has 1 aromatic rings. The van der Waals surface area contributed by atoms with E-state index in [2.05, 4.69) is 9.99 Å². The van der Waals surface area contributed by atoms with Gasteiger partial charge >= 0.3 is 5.97 Å². The van der Waals surface area contributed by atoms with Crippen LogP contribution in [0.25, 0.3) is 0 Å². The van der Waals surface area contributed by atoms with Crippen LogP contribution in [0, 0.1) is 0 Å². The number of benzene rings is 1. The lowest BCUT2D eigenvalue weighted by molar-refractivity contribution is -0.140. The summed E-state index contributed by atoms with van der Waals surface area (Å²) in [7, 11) is 0. The molecule has 0 unspecified atom stereocenters. The van der Waals surface area contributed by atoms with Crippen molar-refractivity contribution < 1.29 is 14.4 Å². The quantitative estimate of drug-likeness (QED) is 0.327. The van der Waals surface area contributed by atoms with Crippen molar-refractivity contribution in [2.24, 2.45) is 5.16 Å². The van der Waals surface area contributed by atoms with Crippen molar-refractivity contribution in [1.82, 2.24) is 0 Å². The molecule has 1 rings (SSSR count). The van der Waals surface area contributed by atoms with Gasteiger partial charge in [-0.3, -0.25) is 4.79 Å². The monoisotopic (exact) mass is 205 g/mol. The van der Waals surface area contributed by atoms with E-state index in [9.17, 15) is 9.59 Å². The zero-order valence-corrected chi connectivity index (χ0v) is 8.56. The van der Waals surface area contributed by atoms with Crippen LogP contribution in [0.4, 0.5) is 0 Å². The van der Waals surface area contributed by atoms with Crippen LogP contribution < -0.4 is 0 Å². The molecular formula is C11H11NO3. The van der Waals surface area contributed by atoms with Crippen LogP contribution >= 0.6 is 0 Å². The van der Waals surface area contributed by atoms with E-state index in [1.165, 1.54) is 13.8 Å². The van der Waals surface area contributed by atoms with Crippen LogP contribution in [0.3, 0.4) is 0 Å². The molecule has 0 fully saturated rings. The van der Waals surface area contributed by atoms with Gasteiger partial charge in [-0.2, -0.15) is 0 Å². The average molecular weight is 205 g/mol. The number of ketones is 1. The van der Waals surface area contributed by atoms with Crippen molar-refractivity contribution >= 4 is 17.5 Å². The van der Waals surface area contributed by atoms with Gasteiger partial charge < -0.3 is 4.84 Å². The topological polar surface area (TPSA) is 55.7 Å². The summed E-state index contributed by atoms with van der Waals surface area (Å²) in [5, 5.41) is 3.42. The maximum Gasteiger partial charge on any atom is 0.331 e. The highest BCUT2D eigenvalue weighted by atomic mass is 16.7. The molecule has 0 atom stereocenters. The fourth-order valence-corrected chi connectivity index (χ4v) is 0.973. The third-order valence-corrected chi connectivity index (χ3v) is 1.68. The highest BCUT2D eigenvalue weighted by Gasteiger charge is 2.09. The third-order valence-electron chi connectivity index (χ3n) is 1.68. The van der Waals surface area contributed by atoms with Crippen molar-refractivity contribution in [3.63, 3.8) is 0 Å². The van der Waals surface area contributed by atoms with Crippen molar-refractivity contribution in [3.05, 3.63) is 35.9 Å². The normalized spacial score (nSPS) is 10.9. The number of hydrogen-bond donors (Lipinski definition) is 0. The summed E-state index contributed by atoms with van der Waals surface area (Å²) in [4.78, 5) is 26.5. The van der Waals surface area contributed by atoms with Crippen molar-refractivity contribution in [1.29, 1.82) is 0 Å². The van der Waals surface area contributed by atoms with Gasteiger partial charge in [0.15, 0.2) is 0 Å². The molecule has 0 aliphatic heterocycles. The summed E-state index contributed by atoms with van der Waals surface area (Å²) in [6, 6.07) is 8.68. The Morgan fingerprint density at radius 3 is 2.27 bits per heavy atom. The van der Waals surface area contributed by atoms with Gasteiger partial charge in [-0.05, 0) is 6.92 Å². The Morgan fingerprint density at radius 1 is 1.13 bits per heavy atom. The van der Waals surface area contributed by atoms with Crippen LogP contribution in [0.15, 0.2) is 35.5 Å². The molecule has 0 radical (unpaired) electrons. The Balaban J connectivity index is 2.77. The van der Waals surface area contributed by atoms with Gasteiger partial charge in [-0.25, -0.2) is 4.79 Å². The molecule has 0 saturated heterocycles. The Labute approximate surface area is 87.5 Å². The Kier molecular flexibility index (Phi) is 3.74. The summed E-state index contributed by atoms with van der Waals surface area (Å²) in [6.07, 6.45) is 0. The molecule has 4 nitrogen and oxygen atoms in total. The number of oxime groups is 1. The minimum atomic E-state index is -0.546. The molecule has 0 aliphatic carbocycles. The van der Waals surface area contributed by atoms with Crippen LogP contribution in [-0.4, -0.2) is 17.5 Å². The van der Waals surface area contributed by atoms with Crippen molar-refractivity contribution in [2.75, 3.05) is 0 Å². The average Bonchev–Trinajstić information content (AvgIpc) is 2.26. The molecule has 78 valence electrons. The van der Waals surface area contributed by atoms with Gasteiger partial charge in [0, 0.05) is 12.5 Å². The van der Waals surface area contributed by atoms with Crippen LogP contribution in [0.5, 0.6) is 0 Å². The number of nitrogens with zero attached hydrogens (tertiary/aromatic N) is 1. The van der Waals surface area contributed by atoms with E-state index in [1.807, 2.05) is 6.07 Å². The number of carbonyl (C=O) groups excluding carboxylic acids is 2. The first-order valence-electron chi connectivity index (χ1n) is 4.43. The van der Waals surface area contributed by atoms with Crippen LogP contribution in [0.1, 0.15) is 24.2 Å². The molecule has 0 aromatic heterocycles. The SMILES string of the molecule is CC(=O)O/N=C(/C)C(=O)c1ccccc1. The summed E-state index contributed by atoms with van der Waals surface area (Å²) in [5.74, 6) is -0.799. The molecule has 4 heteroatoms. The van der Waals surface area contributed by atoms with Crippen LogP contribution in [0.2, 0.25) is 0 Å². The number of hydrogen-bond acceptors (Lipinski definition) is 4. The molecule has 0 spiro atoms. The number of carbonyl (C=O) groups is 2. The highest BCUT2D eigenvalue weighted by molar-refractivity contribution is 6.45. The predicted molar refractivity (Wildman–Crippen MR) is 55.6 cm³/mol. The van der Waals surface area contributed by atoms with Gasteiger partial charge in [0.2, 0.25) is 5.78 Å². The van der Waals surface area contributed by atoms with Crippen molar-refractivity contribution in [3.8, 4) is 0 Å². The van der Waals surface area contributed by atoms with Gasteiger partial charge in [-0.1, -0.05) is 35.5 Å². The molecule has 0 heterocycles. The van der Waals surface area contributed by atoms with E-state index < -0.39 is 5.97 Å². The fourth-order valence-electron chi connectivity index (χ4n) is 0.973. The Morgan fingerprint density at radius 2 is 1.73 bits per heavy atom. The first-order chi connectivity index (χ1) is 7.11. The molecule has 0 amide bonds. The summed E-state index contributed by atoms with van der Waals surface area (Å²) >= 11 is 0. The van der Waals surface area contributed by atoms with Gasteiger partial charge in [0.1, 0.15) is 5.71 Å². The minimum absolute atomic E-state index is 0.149.